The van der Waals surface area contributed by atoms with E-state index >= 15 is 0 Å². The van der Waals surface area contributed by atoms with E-state index in [1.807, 2.05) is 19.9 Å². The van der Waals surface area contributed by atoms with Gasteiger partial charge in [-0.1, -0.05) is 12.1 Å². The molecule has 1 saturated carbocycles. The molecule has 0 spiro atoms. The number of hydrogen-bond acceptors (Lipinski definition) is 4. The molecular weight excluding hydrogens is 360 g/mol. The van der Waals surface area contributed by atoms with Gasteiger partial charge >= 0.3 is 0 Å². The van der Waals surface area contributed by atoms with Crippen molar-refractivity contribution in [1.29, 1.82) is 0 Å². The average Bonchev–Trinajstić information content (AvgIpc) is 3.29. The van der Waals surface area contributed by atoms with Gasteiger partial charge in [0.2, 0.25) is 10.0 Å². The first-order valence-electron chi connectivity index (χ1n) is 7.89. The topological polar surface area (TPSA) is 92.3 Å². The van der Waals surface area contributed by atoms with E-state index in [9.17, 15) is 16.8 Å². The van der Waals surface area contributed by atoms with Crippen molar-refractivity contribution in [1.82, 2.24) is 4.72 Å². The van der Waals surface area contributed by atoms with E-state index < -0.39 is 20.0 Å². The third kappa shape index (κ3) is 4.39. The second-order valence-corrected chi connectivity index (χ2v) is 9.75. The molecule has 0 atom stereocenters. The first-order chi connectivity index (χ1) is 11.7. The van der Waals surface area contributed by atoms with Gasteiger partial charge < -0.3 is 0 Å². The predicted molar refractivity (Wildman–Crippen MR) is 96.5 cm³/mol. The van der Waals surface area contributed by atoms with E-state index in [0.717, 1.165) is 24.0 Å². The lowest BCUT2D eigenvalue weighted by atomic mass is 10.1. The maximum atomic E-state index is 12.6. The predicted octanol–water partition coefficient (Wildman–Crippen LogP) is 2.54. The standard InChI is InChI=1S/C17H20N2O4S2/c1-12-8-13(2)10-15(9-12)19-25(22,23)17-5-3-4-16(11-17)24(20,21)18-14-6-7-14/h3-5,8-11,14,18-19H,6-7H2,1-2H3. The van der Waals surface area contributed by atoms with Crippen LogP contribution in [0.1, 0.15) is 24.0 Å². The Labute approximate surface area is 148 Å². The summed E-state index contributed by atoms with van der Waals surface area (Å²) in [6.45, 7) is 3.75. The molecule has 0 aliphatic heterocycles. The van der Waals surface area contributed by atoms with Gasteiger partial charge in [-0.3, -0.25) is 4.72 Å². The van der Waals surface area contributed by atoms with Crippen molar-refractivity contribution in [3.05, 3.63) is 53.6 Å². The minimum Gasteiger partial charge on any atom is -0.280 e. The Bertz CT molecular complexity index is 990. The van der Waals surface area contributed by atoms with Crippen molar-refractivity contribution in [2.75, 3.05) is 4.72 Å². The fourth-order valence-corrected chi connectivity index (χ4v) is 5.06. The summed E-state index contributed by atoms with van der Waals surface area (Å²) in [6, 6.07) is 10.7. The SMILES string of the molecule is Cc1cc(C)cc(NS(=O)(=O)c2cccc(S(=O)(=O)NC3CC3)c2)c1. The third-order valence-electron chi connectivity index (χ3n) is 3.80. The molecule has 0 aromatic heterocycles. The molecule has 1 fully saturated rings. The van der Waals surface area contributed by atoms with E-state index in [0.29, 0.717) is 5.69 Å². The van der Waals surface area contributed by atoms with Gasteiger partial charge in [0.15, 0.2) is 0 Å². The van der Waals surface area contributed by atoms with Crippen molar-refractivity contribution >= 4 is 25.7 Å². The number of sulfonamides is 2. The number of nitrogens with one attached hydrogen (secondary N) is 2. The summed E-state index contributed by atoms with van der Waals surface area (Å²) in [7, 11) is -7.59. The molecule has 2 N–H and O–H groups in total. The number of rotatable bonds is 6. The molecule has 2 aromatic carbocycles. The lowest BCUT2D eigenvalue weighted by Gasteiger charge is -2.11. The molecule has 1 aliphatic carbocycles. The maximum Gasteiger partial charge on any atom is 0.261 e. The number of aryl methyl sites for hydroxylation is 2. The Kier molecular flexibility index (Phi) is 4.61. The van der Waals surface area contributed by atoms with Crippen LogP contribution < -0.4 is 9.44 Å². The summed E-state index contributed by atoms with van der Waals surface area (Å²) >= 11 is 0. The molecule has 1 aliphatic rings. The molecule has 0 saturated heterocycles. The highest BCUT2D eigenvalue weighted by molar-refractivity contribution is 7.93. The summed E-state index contributed by atoms with van der Waals surface area (Å²) < 4.78 is 54.8. The average molecular weight is 380 g/mol. The normalized spacial score (nSPS) is 15.1. The number of hydrogen-bond donors (Lipinski definition) is 2. The Morgan fingerprint density at radius 1 is 0.840 bits per heavy atom. The smallest absolute Gasteiger partial charge is 0.261 e. The Morgan fingerprint density at radius 2 is 1.40 bits per heavy atom. The van der Waals surface area contributed by atoms with Crippen LogP contribution in [-0.4, -0.2) is 22.9 Å². The Balaban J connectivity index is 1.90. The van der Waals surface area contributed by atoms with E-state index in [-0.39, 0.29) is 15.8 Å². The summed E-state index contributed by atoms with van der Waals surface area (Å²) in [5.41, 5.74) is 2.31. The first-order valence-corrected chi connectivity index (χ1v) is 10.9. The van der Waals surface area contributed by atoms with Gasteiger partial charge in [0, 0.05) is 11.7 Å². The highest BCUT2D eigenvalue weighted by atomic mass is 32.2. The van der Waals surface area contributed by atoms with Crippen molar-refractivity contribution in [3.63, 3.8) is 0 Å². The minimum atomic E-state index is -3.88. The van der Waals surface area contributed by atoms with Crippen molar-refractivity contribution < 1.29 is 16.8 Å². The molecule has 134 valence electrons. The van der Waals surface area contributed by atoms with Crippen LogP contribution in [0.3, 0.4) is 0 Å². The van der Waals surface area contributed by atoms with E-state index in [2.05, 4.69) is 9.44 Å². The molecule has 0 unspecified atom stereocenters. The second kappa shape index (κ2) is 6.44. The van der Waals surface area contributed by atoms with Gasteiger partial charge in [0.25, 0.3) is 10.0 Å². The number of benzene rings is 2. The van der Waals surface area contributed by atoms with Crippen LogP contribution in [0, 0.1) is 13.8 Å². The van der Waals surface area contributed by atoms with Gasteiger partial charge in [-0.15, -0.1) is 0 Å². The van der Waals surface area contributed by atoms with Crippen molar-refractivity contribution in [2.24, 2.45) is 0 Å². The Hall–Kier alpha value is -1.90. The fourth-order valence-electron chi connectivity index (χ4n) is 2.54. The molecule has 3 rings (SSSR count). The summed E-state index contributed by atoms with van der Waals surface area (Å²) in [4.78, 5) is -0.145. The minimum absolute atomic E-state index is 0.0429. The molecule has 0 heterocycles. The lowest BCUT2D eigenvalue weighted by molar-refractivity contribution is 0.580. The van der Waals surface area contributed by atoms with Crippen LogP contribution >= 0.6 is 0 Å². The van der Waals surface area contributed by atoms with E-state index in [1.165, 1.54) is 24.3 Å². The zero-order chi connectivity index (χ0) is 18.2. The molecule has 2 aromatic rings. The largest absolute Gasteiger partial charge is 0.280 e. The molecule has 6 nitrogen and oxygen atoms in total. The maximum absolute atomic E-state index is 12.6. The van der Waals surface area contributed by atoms with Gasteiger partial charge in [-0.25, -0.2) is 21.6 Å². The van der Waals surface area contributed by atoms with Crippen LogP contribution in [0.25, 0.3) is 0 Å². The van der Waals surface area contributed by atoms with E-state index in [4.69, 9.17) is 0 Å². The summed E-state index contributed by atoms with van der Waals surface area (Å²) in [5.74, 6) is 0. The highest BCUT2D eigenvalue weighted by Gasteiger charge is 2.28. The van der Waals surface area contributed by atoms with Crippen LogP contribution in [0.15, 0.2) is 52.3 Å². The highest BCUT2D eigenvalue weighted by Crippen LogP contribution is 2.24. The zero-order valence-corrected chi connectivity index (χ0v) is 15.6. The van der Waals surface area contributed by atoms with E-state index in [1.54, 1.807) is 12.1 Å². The van der Waals surface area contributed by atoms with Crippen LogP contribution in [-0.2, 0) is 20.0 Å². The van der Waals surface area contributed by atoms with Crippen LogP contribution in [0.5, 0.6) is 0 Å². The molecule has 8 heteroatoms. The quantitative estimate of drug-likeness (QED) is 0.805. The molecule has 0 amide bonds. The molecule has 25 heavy (non-hydrogen) atoms. The number of anilines is 1. The molecule has 0 radical (unpaired) electrons. The van der Waals surface area contributed by atoms with Crippen molar-refractivity contribution in [2.45, 2.75) is 42.5 Å². The summed E-state index contributed by atoms with van der Waals surface area (Å²) in [5, 5.41) is 0. The van der Waals surface area contributed by atoms with Gasteiger partial charge in [0.1, 0.15) is 0 Å². The van der Waals surface area contributed by atoms with Crippen molar-refractivity contribution in [3.8, 4) is 0 Å². The van der Waals surface area contributed by atoms with Gasteiger partial charge in [-0.05, 0) is 68.1 Å². The first kappa shape index (κ1) is 17.9. The van der Waals surface area contributed by atoms with Gasteiger partial charge in [-0.2, -0.15) is 0 Å². The fraction of sp³-hybridized carbons (Fsp3) is 0.294. The third-order valence-corrected chi connectivity index (χ3v) is 6.70. The second-order valence-electron chi connectivity index (χ2n) is 6.35. The van der Waals surface area contributed by atoms with Crippen LogP contribution in [0.2, 0.25) is 0 Å². The lowest BCUT2D eigenvalue weighted by Crippen LogP contribution is -2.26. The molecular formula is C17H20N2O4S2. The monoisotopic (exact) mass is 380 g/mol. The zero-order valence-electron chi connectivity index (χ0n) is 14.0. The Morgan fingerprint density at radius 3 is 1.96 bits per heavy atom. The molecule has 0 bridgehead atoms. The van der Waals surface area contributed by atoms with Crippen LogP contribution in [0.4, 0.5) is 5.69 Å². The van der Waals surface area contributed by atoms with Gasteiger partial charge in [0.05, 0.1) is 9.79 Å². The summed E-state index contributed by atoms with van der Waals surface area (Å²) in [6.07, 6.45) is 1.62.